The summed E-state index contributed by atoms with van der Waals surface area (Å²) < 4.78 is 5.69. The molecular formula is C20H34N4O2. The second kappa shape index (κ2) is 9.51. The summed E-state index contributed by atoms with van der Waals surface area (Å²) in [4.78, 5) is 19.0. The van der Waals surface area contributed by atoms with Crippen LogP contribution in [0.25, 0.3) is 0 Å². The first-order chi connectivity index (χ1) is 12.6. The zero-order valence-electron chi connectivity index (χ0n) is 16.4. The molecule has 26 heavy (non-hydrogen) atoms. The zero-order chi connectivity index (χ0) is 18.4. The zero-order valence-corrected chi connectivity index (χ0v) is 16.4. The van der Waals surface area contributed by atoms with E-state index in [0.29, 0.717) is 12.3 Å². The molecule has 0 spiro atoms. The second-order valence-corrected chi connectivity index (χ2v) is 8.00. The molecule has 0 radical (unpaired) electrons. The molecule has 3 rings (SSSR count). The number of hydrogen-bond acceptors (Lipinski definition) is 5. The number of amides is 1. The van der Waals surface area contributed by atoms with Crippen molar-refractivity contribution < 1.29 is 9.21 Å². The van der Waals surface area contributed by atoms with E-state index in [4.69, 9.17) is 4.42 Å². The molecule has 2 fully saturated rings. The number of nitrogens with one attached hydrogen (secondary N) is 2. The van der Waals surface area contributed by atoms with E-state index in [9.17, 15) is 4.79 Å². The van der Waals surface area contributed by atoms with Crippen LogP contribution >= 0.6 is 0 Å². The van der Waals surface area contributed by atoms with Gasteiger partial charge in [0, 0.05) is 13.0 Å². The van der Waals surface area contributed by atoms with Gasteiger partial charge in [0.2, 0.25) is 11.8 Å². The van der Waals surface area contributed by atoms with Crippen LogP contribution in [0, 0.1) is 25.7 Å². The molecule has 0 unspecified atom stereocenters. The minimum absolute atomic E-state index is 0.233. The van der Waals surface area contributed by atoms with Crippen molar-refractivity contribution in [2.45, 2.75) is 58.9 Å². The summed E-state index contributed by atoms with van der Waals surface area (Å²) in [5, 5.41) is 6.54. The SMILES string of the molecule is Cc1nc(CN2CCC(CNC(=O)CCC3CCNCC3)CC2)oc1C. The maximum atomic E-state index is 12.1. The molecule has 2 aliphatic heterocycles. The fourth-order valence-electron chi connectivity index (χ4n) is 4.00. The number of oxazole rings is 1. The molecule has 6 nitrogen and oxygen atoms in total. The first kappa shape index (κ1) is 19.4. The van der Waals surface area contributed by atoms with Crippen LogP contribution in [0.1, 0.15) is 55.9 Å². The van der Waals surface area contributed by atoms with Gasteiger partial charge >= 0.3 is 0 Å². The molecule has 146 valence electrons. The molecule has 1 amide bonds. The molecule has 0 atom stereocenters. The van der Waals surface area contributed by atoms with E-state index in [1.807, 2.05) is 13.8 Å². The summed E-state index contributed by atoms with van der Waals surface area (Å²) in [5.74, 6) is 3.30. The van der Waals surface area contributed by atoms with Gasteiger partial charge in [0.05, 0.1) is 12.2 Å². The van der Waals surface area contributed by atoms with Crippen LogP contribution in [0.2, 0.25) is 0 Å². The van der Waals surface area contributed by atoms with Gasteiger partial charge in [-0.3, -0.25) is 9.69 Å². The van der Waals surface area contributed by atoms with Crippen LogP contribution < -0.4 is 10.6 Å². The van der Waals surface area contributed by atoms with Crippen molar-refractivity contribution >= 4 is 5.91 Å². The maximum absolute atomic E-state index is 12.1. The molecule has 2 aliphatic rings. The van der Waals surface area contributed by atoms with Crippen LogP contribution in [0.4, 0.5) is 0 Å². The van der Waals surface area contributed by atoms with Crippen molar-refractivity contribution in [2.24, 2.45) is 11.8 Å². The van der Waals surface area contributed by atoms with Gasteiger partial charge in [0.1, 0.15) is 5.76 Å². The standard InChI is InChI=1S/C20H34N4O2/c1-15-16(2)26-20(23-15)14-24-11-7-18(8-12-24)13-22-19(25)4-3-17-5-9-21-10-6-17/h17-18,21H,3-14H2,1-2H3,(H,22,25). The summed E-state index contributed by atoms with van der Waals surface area (Å²) >= 11 is 0. The average molecular weight is 363 g/mol. The van der Waals surface area contributed by atoms with E-state index in [1.165, 1.54) is 12.8 Å². The van der Waals surface area contributed by atoms with Gasteiger partial charge in [-0.15, -0.1) is 0 Å². The van der Waals surface area contributed by atoms with Crippen molar-refractivity contribution in [3.05, 3.63) is 17.3 Å². The van der Waals surface area contributed by atoms with Gasteiger partial charge < -0.3 is 15.1 Å². The summed E-state index contributed by atoms with van der Waals surface area (Å²) in [5.41, 5.74) is 0.988. The van der Waals surface area contributed by atoms with Gasteiger partial charge in [-0.05, 0) is 84.0 Å². The largest absolute Gasteiger partial charge is 0.444 e. The maximum Gasteiger partial charge on any atom is 0.220 e. The van der Waals surface area contributed by atoms with E-state index in [-0.39, 0.29) is 5.91 Å². The third-order valence-electron chi connectivity index (χ3n) is 5.97. The number of aryl methyl sites for hydroxylation is 2. The molecular weight excluding hydrogens is 328 g/mol. The number of rotatable bonds is 7. The Labute approximate surface area is 157 Å². The number of piperidine rings is 2. The van der Waals surface area contributed by atoms with Crippen molar-refractivity contribution in [1.29, 1.82) is 0 Å². The van der Waals surface area contributed by atoms with Gasteiger partial charge in [-0.2, -0.15) is 0 Å². The number of carbonyl (C=O) groups is 1. The van der Waals surface area contributed by atoms with E-state index in [1.54, 1.807) is 0 Å². The summed E-state index contributed by atoms with van der Waals surface area (Å²) in [6.07, 6.45) is 6.43. The highest BCUT2D eigenvalue weighted by Crippen LogP contribution is 2.20. The quantitative estimate of drug-likeness (QED) is 0.779. The number of carbonyl (C=O) groups excluding carboxylic acids is 1. The highest BCUT2D eigenvalue weighted by molar-refractivity contribution is 5.75. The minimum atomic E-state index is 0.233. The Kier molecular flexibility index (Phi) is 7.08. The Balaban J connectivity index is 1.29. The Bertz CT molecular complexity index is 553. The molecule has 0 bridgehead atoms. The minimum Gasteiger partial charge on any atom is -0.444 e. The Morgan fingerprint density at radius 2 is 1.92 bits per heavy atom. The fourth-order valence-corrected chi connectivity index (χ4v) is 4.00. The number of nitrogens with zero attached hydrogens (tertiary/aromatic N) is 2. The smallest absolute Gasteiger partial charge is 0.220 e. The number of aromatic nitrogens is 1. The lowest BCUT2D eigenvalue weighted by Gasteiger charge is -2.31. The molecule has 2 N–H and O–H groups in total. The lowest BCUT2D eigenvalue weighted by molar-refractivity contribution is -0.121. The molecule has 2 saturated heterocycles. The van der Waals surface area contributed by atoms with Gasteiger partial charge in [0.15, 0.2) is 0 Å². The lowest BCUT2D eigenvalue weighted by Crippen LogP contribution is -2.38. The highest BCUT2D eigenvalue weighted by Gasteiger charge is 2.21. The summed E-state index contributed by atoms with van der Waals surface area (Å²) in [6.45, 7) is 9.90. The third kappa shape index (κ3) is 5.81. The predicted molar refractivity (Wildman–Crippen MR) is 102 cm³/mol. The molecule has 1 aromatic rings. The van der Waals surface area contributed by atoms with Gasteiger partial charge in [-0.1, -0.05) is 0 Å². The molecule has 6 heteroatoms. The third-order valence-corrected chi connectivity index (χ3v) is 5.97. The van der Waals surface area contributed by atoms with E-state index in [0.717, 1.165) is 81.8 Å². The fraction of sp³-hybridized carbons (Fsp3) is 0.800. The first-order valence-electron chi connectivity index (χ1n) is 10.2. The molecule has 3 heterocycles. The summed E-state index contributed by atoms with van der Waals surface area (Å²) in [6, 6.07) is 0. The monoisotopic (exact) mass is 362 g/mol. The van der Waals surface area contributed by atoms with Gasteiger partial charge in [-0.25, -0.2) is 4.98 Å². The van der Waals surface area contributed by atoms with Crippen LogP contribution in [-0.4, -0.2) is 48.5 Å². The van der Waals surface area contributed by atoms with E-state index in [2.05, 4.69) is 20.5 Å². The molecule has 0 saturated carbocycles. The topological polar surface area (TPSA) is 70.4 Å². The highest BCUT2D eigenvalue weighted by atomic mass is 16.4. The van der Waals surface area contributed by atoms with Crippen molar-refractivity contribution in [2.75, 3.05) is 32.7 Å². The number of hydrogen-bond donors (Lipinski definition) is 2. The Morgan fingerprint density at radius 3 is 2.58 bits per heavy atom. The molecule has 0 aliphatic carbocycles. The lowest BCUT2D eigenvalue weighted by atomic mass is 9.93. The predicted octanol–water partition coefficient (Wildman–Crippen LogP) is 2.40. The molecule has 0 aromatic carbocycles. The van der Waals surface area contributed by atoms with Crippen LogP contribution in [-0.2, 0) is 11.3 Å². The Hall–Kier alpha value is -1.40. The Morgan fingerprint density at radius 1 is 1.19 bits per heavy atom. The van der Waals surface area contributed by atoms with Gasteiger partial charge in [0.25, 0.3) is 0 Å². The first-order valence-corrected chi connectivity index (χ1v) is 10.2. The van der Waals surface area contributed by atoms with E-state index < -0.39 is 0 Å². The van der Waals surface area contributed by atoms with Crippen molar-refractivity contribution in [1.82, 2.24) is 20.5 Å². The van der Waals surface area contributed by atoms with E-state index >= 15 is 0 Å². The van der Waals surface area contributed by atoms with Crippen LogP contribution in [0.3, 0.4) is 0 Å². The normalized spacial score (nSPS) is 20.4. The van der Waals surface area contributed by atoms with Crippen LogP contribution in [0.15, 0.2) is 4.42 Å². The average Bonchev–Trinajstić information content (AvgIpc) is 2.97. The van der Waals surface area contributed by atoms with Crippen molar-refractivity contribution in [3.63, 3.8) is 0 Å². The van der Waals surface area contributed by atoms with Crippen molar-refractivity contribution in [3.8, 4) is 0 Å². The van der Waals surface area contributed by atoms with Crippen LogP contribution in [0.5, 0.6) is 0 Å². The molecule has 1 aromatic heterocycles. The summed E-state index contributed by atoms with van der Waals surface area (Å²) in [7, 11) is 0. The number of likely N-dealkylation sites (tertiary alicyclic amines) is 1. The second-order valence-electron chi connectivity index (χ2n) is 8.00.